The van der Waals surface area contributed by atoms with Crippen molar-refractivity contribution in [2.75, 3.05) is 0 Å². The van der Waals surface area contributed by atoms with Crippen molar-refractivity contribution in [2.45, 2.75) is 45.8 Å². The van der Waals surface area contributed by atoms with Crippen LogP contribution in [-0.2, 0) is 11.3 Å². The summed E-state index contributed by atoms with van der Waals surface area (Å²) in [5.74, 6) is 0.582. The van der Waals surface area contributed by atoms with Gasteiger partial charge in [-0.25, -0.2) is 4.39 Å². The van der Waals surface area contributed by atoms with Crippen LogP contribution in [0.2, 0.25) is 0 Å². The van der Waals surface area contributed by atoms with E-state index in [1.807, 2.05) is 0 Å². The number of oxime groups is 1. The van der Waals surface area contributed by atoms with E-state index >= 15 is 0 Å². The molecule has 1 saturated carbocycles. The van der Waals surface area contributed by atoms with Crippen molar-refractivity contribution in [1.29, 1.82) is 0 Å². The first-order chi connectivity index (χ1) is 10.0. The van der Waals surface area contributed by atoms with Crippen molar-refractivity contribution in [3.8, 4) is 0 Å². The molecule has 2 rings (SSSR count). The molecule has 1 aliphatic carbocycles. The molecule has 4 nitrogen and oxygen atoms in total. The molecule has 1 aromatic carbocycles. The second kappa shape index (κ2) is 6.89. The van der Waals surface area contributed by atoms with E-state index in [1.165, 1.54) is 12.5 Å². The highest BCUT2D eigenvalue weighted by atomic mass is 19.1. The molecule has 0 saturated heterocycles. The van der Waals surface area contributed by atoms with E-state index in [1.54, 1.807) is 12.1 Å². The van der Waals surface area contributed by atoms with Crippen LogP contribution in [0, 0.1) is 17.7 Å². The van der Waals surface area contributed by atoms with Crippen molar-refractivity contribution in [3.05, 3.63) is 35.1 Å². The molecular formula is C16H23FN2O2. The second-order valence-corrected chi connectivity index (χ2v) is 6.11. The first kappa shape index (κ1) is 15.8. The first-order valence-electron chi connectivity index (χ1n) is 7.38. The van der Waals surface area contributed by atoms with Gasteiger partial charge in [-0.3, -0.25) is 0 Å². The summed E-state index contributed by atoms with van der Waals surface area (Å²) >= 11 is 0. The zero-order chi connectivity index (χ0) is 15.4. The quantitative estimate of drug-likeness (QED) is 0.387. The fourth-order valence-corrected chi connectivity index (χ4v) is 3.16. The highest BCUT2D eigenvalue weighted by Gasteiger charge is 2.24. The van der Waals surface area contributed by atoms with Crippen LogP contribution in [0.5, 0.6) is 0 Å². The summed E-state index contributed by atoms with van der Waals surface area (Å²) in [7, 11) is 0. The van der Waals surface area contributed by atoms with Gasteiger partial charge in [0.1, 0.15) is 5.82 Å². The smallest absolute Gasteiger partial charge is 0.173 e. The number of amidine groups is 1. The molecule has 0 radical (unpaired) electrons. The number of nitrogens with two attached hydrogens (primary N) is 1. The maximum Gasteiger partial charge on any atom is 0.173 e. The van der Waals surface area contributed by atoms with E-state index in [-0.39, 0.29) is 24.1 Å². The van der Waals surface area contributed by atoms with E-state index in [0.717, 1.165) is 12.8 Å². The van der Waals surface area contributed by atoms with E-state index < -0.39 is 5.82 Å². The van der Waals surface area contributed by atoms with E-state index in [4.69, 9.17) is 15.7 Å². The third-order valence-corrected chi connectivity index (χ3v) is 4.07. The van der Waals surface area contributed by atoms with E-state index in [9.17, 15) is 4.39 Å². The van der Waals surface area contributed by atoms with Crippen LogP contribution in [0.4, 0.5) is 4.39 Å². The topological polar surface area (TPSA) is 67.8 Å². The first-order valence-corrected chi connectivity index (χ1v) is 7.38. The van der Waals surface area contributed by atoms with E-state index in [0.29, 0.717) is 17.4 Å². The second-order valence-electron chi connectivity index (χ2n) is 6.11. The number of ether oxygens (including phenoxy) is 1. The Balaban J connectivity index is 2.03. The highest BCUT2D eigenvalue weighted by Crippen LogP contribution is 2.31. The number of nitrogens with zero attached hydrogens (tertiary/aromatic N) is 1. The predicted octanol–water partition coefficient (Wildman–Crippen LogP) is 3.26. The monoisotopic (exact) mass is 294 g/mol. The number of benzene rings is 1. The largest absolute Gasteiger partial charge is 0.409 e. The van der Waals surface area contributed by atoms with Gasteiger partial charge in [0.05, 0.1) is 18.3 Å². The molecule has 2 unspecified atom stereocenters. The lowest BCUT2D eigenvalue weighted by Gasteiger charge is -2.31. The molecule has 0 bridgehead atoms. The Morgan fingerprint density at radius 3 is 2.62 bits per heavy atom. The standard InChI is InChI=1S/C16H23FN2O2/c1-10-6-11(2)8-13(7-10)21-9-12-4-3-5-14(15(12)17)16(18)19-20/h3-5,10-11,13,20H,6-9H2,1-2H3,(H2,18,19). The Kier molecular flexibility index (Phi) is 5.17. The van der Waals surface area contributed by atoms with Crippen LogP contribution in [0.1, 0.15) is 44.2 Å². The van der Waals surface area contributed by atoms with Crippen molar-refractivity contribution >= 4 is 5.84 Å². The zero-order valence-corrected chi connectivity index (χ0v) is 12.6. The van der Waals surface area contributed by atoms with Crippen molar-refractivity contribution < 1.29 is 14.3 Å². The van der Waals surface area contributed by atoms with Gasteiger partial charge in [0.25, 0.3) is 0 Å². The van der Waals surface area contributed by atoms with Gasteiger partial charge in [-0.2, -0.15) is 0 Å². The average molecular weight is 294 g/mol. The molecule has 3 N–H and O–H groups in total. The van der Waals surface area contributed by atoms with Crippen LogP contribution >= 0.6 is 0 Å². The number of halogens is 1. The Bertz CT molecular complexity index is 509. The molecule has 1 aromatic rings. The average Bonchev–Trinajstić information content (AvgIpc) is 2.44. The number of hydrogen-bond acceptors (Lipinski definition) is 3. The highest BCUT2D eigenvalue weighted by molar-refractivity contribution is 5.97. The van der Waals surface area contributed by atoms with Gasteiger partial charge in [0, 0.05) is 5.56 Å². The minimum Gasteiger partial charge on any atom is -0.409 e. The van der Waals surface area contributed by atoms with Gasteiger partial charge in [-0.15, -0.1) is 0 Å². The number of rotatable bonds is 4. The van der Waals surface area contributed by atoms with Crippen molar-refractivity contribution in [2.24, 2.45) is 22.7 Å². The molecule has 116 valence electrons. The Morgan fingerprint density at radius 2 is 2.00 bits per heavy atom. The fourth-order valence-electron chi connectivity index (χ4n) is 3.16. The Hall–Kier alpha value is -1.62. The maximum atomic E-state index is 14.3. The summed E-state index contributed by atoms with van der Waals surface area (Å²) < 4.78 is 20.1. The SMILES string of the molecule is CC1CC(C)CC(OCc2cccc(/C(N)=N/O)c2F)C1. The minimum absolute atomic E-state index is 0.101. The molecule has 0 amide bonds. The molecule has 5 heteroatoms. The third kappa shape index (κ3) is 3.94. The lowest BCUT2D eigenvalue weighted by Crippen LogP contribution is -2.26. The maximum absolute atomic E-state index is 14.3. The van der Waals surface area contributed by atoms with Crippen LogP contribution in [0.25, 0.3) is 0 Å². The molecule has 1 fully saturated rings. The predicted molar refractivity (Wildman–Crippen MR) is 79.7 cm³/mol. The van der Waals surface area contributed by atoms with Gasteiger partial charge in [-0.05, 0) is 37.2 Å². The molecule has 21 heavy (non-hydrogen) atoms. The Labute approximate surface area is 124 Å². The molecule has 0 aliphatic heterocycles. The molecular weight excluding hydrogens is 271 g/mol. The normalized spacial score (nSPS) is 26.8. The van der Waals surface area contributed by atoms with Gasteiger partial charge in [0.2, 0.25) is 0 Å². The van der Waals surface area contributed by atoms with Crippen LogP contribution in [-0.4, -0.2) is 17.1 Å². The van der Waals surface area contributed by atoms with Crippen molar-refractivity contribution in [3.63, 3.8) is 0 Å². The molecule has 0 spiro atoms. The van der Waals surface area contributed by atoms with E-state index in [2.05, 4.69) is 19.0 Å². The van der Waals surface area contributed by atoms with Crippen LogP contribution in [0.15, 0.2) is 23.4 Å². The lowest BCUT2D eigenvalue weighted by atomic mass is 9.82. The van der Waals surface area contributed by atoms with Gasteiger partial charge >= 0.3 is 0 Å². The summed E-state index contributed by atoms with van der Waals surface area (Å²) in [5.41, 5.74) is 5.99. The zero-order valence-electron chi connectivity index (χ0n) is 12.6. The molecule has 2 atom stereocenters. The molecule has 1 aliphatic rings. The summed E-state index contributed by atoms with van der Waals surface area (Å²) in [6.45, 7) is 4.67. The summed E-state index contributed by atoms with van der Waals surface area (Å²) in [6, 6.07) is 4.83. The Morgan fingerprint density at radius 1 is 1.33 bits per heavy atom. The number of hydrogen-bond donors (Lipinski definition) is 2. The van der Waals surface area contributed by atoms with Gasteiger partial charge in [0.15, 0.2) is 5.84 Å². The summed E-state index contributed by atoms with van der Waals surface area (Å²) in [5, 5.41) is 11.5. The summed E-state index contributed by atoms with van der Waals surface area (Å²) in [4.78, 5) is 0. The molecule has 0 heterocycles. The third-order valence-electron chi connectivity index (χ3n) is 4.07. The minimum atomic E-state index is -0.482. The van der Waals surface area contributed by atoms with Crippen LogP contribution in [0.3, 0.4) is 0 Å². The van der Waals surface area contributed by atoms with Gasteiger partial charge in [-0.1, -0.05) is 31.1 Å². The van der Waals surface area contributed by atoms with Crippen molar-refractivity contribution in [1.82, 2.24) is 0 Å². The lowest BCUT2D eigenvalue weighted by molar-refractivity contribution is -0.0102. The van der Waals surface area contributed by atoms with Gasteiger partial charge < -0.3 is 15.7 Å². The summed E-state index contributed by atoms with van der Waals surface area (Å²) in [6.07, 6.45) is 3.45. The fraction of sp³-hybridized carbons (Fsp3) is 0.562. The van der Waals surface area contributed by atoms with Crippen LogP contribution < -0.4 is 5.73 Å². The molecule has 0 aromatic heterocycles.